The van der Waals surface area contributed by atoms with E-state index in [0.717, 1.165) is 0 Å². The Balaban J connectivity index is 2.77. The van der Waals surface area contributed by atoms with Crippen LogP contribution < -0.4 is 15.2 Å². The molecule has 0 aliphatic carbocycles. The van der Waals surface area contributed by atoms with Crippen LogP contribution in [0.5, 0.6) is 11.5 Å². The highest BCUT2D eigenvalue weighted by Crippen LogP contribution is 2.22. The fraction of sp³-hybridized carbons (Fsp3) is 0.417. The van der Waals surface area contributed by atoms with E-state index in [1.807, 2.05) is 0 Å². The van der Waals surface area contributed by atoms with Gasteiger partial charge in [-0.05, 0) is 12.1 Å². The number of nitrogens with two attached hydrogens (primary N) is 1. The largest absolute Gasteiger partial charge is 0.497 e. The van der Waals surface area contributed by atoms with E-state index in [4.69, 9.17) is 19.9 Å². The van der Waals surface area contributed by atoms with Gasteiger partial charge in [-0.3, -0.25) is 4.79 Å². The van der Waals surface area contributed by atoms with Gasteiger partial charge < -0.3 is 19.9 Å². The van der Waals surface area contributed by atoms with E-state index in [1.54, 1.807) is 18.2 Å². The Labute approximate surface area is 100 Å². The highest BCUT2D eigenvalue weighted by Gasteiger charge is 2.09. The van der Waals surface area contributed by atoms with Gasteiger partial charge in [0.1, 0.15) is 18.1 Å². The molecule has 0 fully saturated rings. The van der Waals surface area contributed by atoms with E-state index in [1.165, 1.54) is 14.2 Å². The van der Waals surface area contributed by atoms with Gasteiger partial charge in [-0.15, -0.1) is 0 Å². The number of hydrogen-bond donors (Lipinski definition) is 1. The third-order valence-corrected chi connectivity index (χ3v) is 2.17. The summed E-state index contributed by atoms with van der Waals surface area (Å²) in [5.41, 5.74) is 5.77. The molecule has 2 N–H and O–H groups in total. The molecule has 0 saturated carbocycles. The average Bonchev–Trinajstić information content (AvgIpc) is 2.38. The summed E-state index contributed by atoms with van der Waals surface area (Å²) in [4.78, 5) is 11.8. The summed E-state index contributed by atoms with van der Waals surface area (Å²) in [5.74, 6) is 1.02. The van der Waals surface area contributed by atoms with E-state index in [2.05, 4.69) is 0 Å². The Bertz CT molecular complexity index is 357. The highest BCUT2D eigenvalue weighted by atomic mass is 16.5. The SMILES string of the molecule is COc1cc(OC)cc(C(=O)COCCN)c1. The lowest BCUT2D eigenvalue weighted by molar-refractivity contribution is 0.0773. The minimum atomic E-state index is -0.129. The molecule has 94 valence electrons. The van der Waals surface area contributed by atoms with Crippen molar-refractivity contribution in [2.75, 3.05) is 34.0 Å². The number of rotatable bonds is 7. The van der Waals surface area contributed by atoms with Crippen LogP contribution in [-0.2, 0) is 4.74 Å². The molecule has 1 aromatic rings. The number of ether oxygens (including phenoxy) is 3. The van der Waals surface area contributed by atoms with Crippen LogP contribution in [0.3, 0.4) is 0 Å². The molecule has 0 aromatic heterocycles. The number of ketones is 1. The van der Waals surface area contributed by atoms with Crippen LogP contribution >= 0.6 is 0 Å². The summed E-state index contributed by atoms with van der Waals surface area (Å²) in [6, 6.07) is 5.00. The Hall–Kier alpha value is -1.59. The third kappa shape index (κ3) is 4.05. The number of carbonyl (C=O) groups excluding carboxylic acids is 1. The van der Waals surface area contributed by atoms with E-state index < -0.39 is 0 Å². The van der Waals surface area contributed by atoms with Crippen molar-refractivity contribution in [1.29, 1.82) is 0 Å². The maximum Gasteiger partial charge on any atom is 0.188 e. The Kier molecular flexibility index (Phi) is 5.45. The molecule has 0 unspecified atom stereocenters. The highest BCUT2D eigenvalue weighted by molar-refractivity contribution is 5.97. The van der Waals surface area contributed by atoms with Gasteiger partial charge in [0.25, 0.3) is 0 Å². The summed E-state index contributed by atoms with van der Waals surface area (Å²) >= 11 is 0. The first-order valence-electron chi connectivity index (χ1n) is 5.25. The molecule has 0 aliphatic heterocycles. The van der Waals surface area contributed by atoms with Crippen molar-refractivity contribution in [2.24, 2.45) is 5.73 Å². The zero-order chi connectivity index (χ0) is 12.7. The normalized spacial score (nSPS) is 10.1. The Morgan fingerprint density at radius 1 is 1.18 bits per heavy atom. The van der Waals surface area contributed by atoms with Gasteiger partial charge in [0, 0.05) is 18.2 Å². The standard InChI is InChI=1S/C12H17NO4/c1-15-10-5-9(6-11(7-10)16-2)12(14)8-17-4-3-13/h5-7H,3-4,8,13H2,1-2H3. The van der Waals surface area contributed by atoms with Gasteiger partial charge in [0.05, 0.1) is 20.8 Å². The fourth-order valence-electron chi connectivity index (χ4n) is 1.30. The smallest absolute Gasteiger partial charge is 0.188 e. The monoisotopic (exact) mass is 239 g/mol. The fourth-order valence-corrected chi connectivity index (χ4v) is 1.30. The third-order valence-electron chi connectivity index (χ3n) is 2.17. The second-order valence-corrected chi connectivity index (χ2v) is 3.37. The second-order valence-electron chi connectivity index (χ2n) is 3.37. The van der Waals surface area contributed by atoms with Gasteiger partial charge >= 0.3 is 0 Å². The van der Waals surface area contributed by atoms with Crippen molar-refractivity contribution in [2.45, 2.75) is 0 Å². The van der Waals surface area contributed by atoms with E-state index >= 15 is 0 Å². The molecule has 17 heavy (non-hydrogen) atoms. The van der Waals surface area contributed by atoms with Crippen molar-refractivity contribution in [1.82, 2.24) is 0 Å². The van der Waals surface area contributed by atoms with Crippen LogP contribution in [-0.4, -0.2) is 39.8 Å². The van der Waals surface area contributed by atoms with Crippen molar-refractivity contribution < 1.29 is 19.0 Å². The van der Waals surface area contributed by atoms with Crippen LogP contribution in [0, 0.1) is 0 Å². The minimum Gasteiger partial charge on any atom is -0.497 e. The maximum absolute atomic E-state index is 11.8. The minimum absolute atomic E-state index is 0.00746. The molecule has 5 heteroatoms. The Morgan fingerprint density at radius 2 is 1.76 bits per heavy atom. The lowest BCUT2D eigenvalue weighted by atomic mass is 10.1. The first-order valence-corrected chi connectivity index (χ1v) is 5.25. The molecular formula is C12H17NO4. The summed E-state index contributed by atoms with van der Waals surface area (Å²) in [5, 5.41) is 0. The predicted molar refractivity (Wildman–Crippen MR) is 63.7 cm³/mol. The number of hydrogen-bond acceptors (Lipinski definition) is 5. The van der Waals surface area contributed by atoms with Gasteiger partial charge in [-0.2, -0.15) is 0 Å². The van der Waals surface area contributed by atoms with Crippen molar-refractivity contribution in [3.8, 4) is 11.5 Å². The topological polar surface area (TPSA) is 70.8 Å². The van der Waals surface area contributed by atoms with Gasteiger partial charge in [-0.1, -0.05) is 0 Å². The summed E-state index contributed by atoms with van der Waals surface area (Å²) in [6.45, 7) is 0.773. The summed E-state index contributed by atoms with van der Waals surface area (Å²) in [6.07, 6.45) is 0. The zero-order valence-electron chi connectivity index (χ0n) is 10.1. The van der Waals surface area contributed by atoms with Crippen LogP contribution in [0.2, 0.25) is 0 Å². The molecule has 0 radical (unpaired) electrons. The lowest BCUT2D eigenvalue weighted by Crippen LogP contribution is -2.14. The van der Waals surface area contributed by atoms with Crippen LogP contribution in [0.15, 0.2) is 18.2 Å². The molecule has 0 saturated heterocycles. The van der Waals surface area contributed by atoms with Crippen LogP contribution in [0.1, 0.15) is 10.4 Å². The average molecular weight is 239 g/mol. The zero-order valence-corrected chi connectivity index (χ0v) is 10.1. The van der Waals surface area contributed by atoms with Gasteiger partial charge in [0.2, 0.25) is 0 Å². The van der Waals surface area contributed by atoms with Crippen molar-refractivity contribution in [3.05, 3.63) is 23.8 Å². The molecule has 0 amide bonds. The number of Topliss-reactive ketones (excluding diaryl/α,β-unsaturated/α-hetero) is 1. The first-order chi connectivity index (χ1) is 8.21. The molecule has 1 rings (SSSR count). The van der Waals surface area contributed by atoms with E-state index in [0.29, 0.717) is 30.2 Å². The van der Waals surface area contributed by atoms with E-state index in [9.17, 15) is 4.79 Å². The van der Waals surface area contributed by atoms with Gasteiger partial charge in [-0.25, -0.2) is 0 Å². The van der Waals surface area contributed by atoms with Crippen molar-refractivity contribution >= 4 is 5.78 Å². The number of benzene rings is 1. The molecule has 1 aromatic carbocycles. The molecule has 0 heterocycles. The molecule has 0 spiro atoms. The van der Waals surface area contributed by atoms with Crippen LogP contribution in [0.4, 0.5) is 0 Å². The quantitative estimate of drug-likeness (QED) is 0.564. The first kappa shape index (κ1) is 13.5. The molecule has 5 nitrogen and oxygen atoms in total. The molecule has 0 bridgehead atoms. The second kappa shape index (κ2) is 6.88. The van der Waals surface area contributed by atoms with Crippen LogP contribution in [0.25, 0.3) is 0 Å². The molecular weight excluding hydrogens is 222 g/mol. The van der Waals surface area contributed by atoms with Gasteiger partial charge in [0.15, 0.2) is 5.78 Å². The Morgan fingerprint density at radius 3 is 2.24 bits per heavy atom. The number of methoxy groups -OCH3 is 2. The maximum atomic E-state index is 11.8. The lowest BCUT2D eigenvalue weighted by Gasteiger charge is -2.08. The number of carbonyl (C=O) groups is 1. The van der Waals surface area contributed by atoms with Crippen molar-refractivity contribution in [3.63, 3.8) is 0 Å². The summed E-state index contributed by atoms with van der Waals surface area (Å²) < 4.78 is 15.3. The molecule has 0 atom stereocenters. The van der Waals surface area contributed by atoms with E-state index in [-0.39, 0.29) is 12.4 Å². The predicted octanol–water partition coefficient (Wildman–Crippen LogP) is 0.862. The molecule has 0 aliphatic rings. The summed E-state index contributed by atoms with van der Waals surface area (Å²) in [7, 11) is 3.07.